The van der Waals surface area contributed by atoms with Crippen LogP contribution >= 0.6 is 15.9 Å². The molecule has 0 fully saturated rings. The van der Waals surface area contributed by atoms with Gasteiger partial charge in [0.15, 0.2) is 0 Å². The van der Waals surface area contributed by atoms with Gasteiger partial charge in [0.25, 0.3) is 5.91 Å². The zero-order valence-corrected chi connectivity index (χ0v) is 30.2. The van der Waals surface area contributed by atoms with Crippen LogP contribution in [0.25, 0.3) is 5.70 Å². The Morgan fingerprint density at radius 2 is 1.61 bits per heavy atom. The van der Waals surface area contributed by atoms with E-state index >= 15 is 0 Å². The van der Waals surface area contributed by atoms with E-state index in [1.165, 1.54) is 25.7 Å². The second kappa shape index (κ2) is 20.2. The number of anilines is 1. The highest BCUT2D eigenvalue weighted by Crippen LogP contribution is 2.26. The highest BCUT2D eigenvalue weighted by Gasteiger charge is 2.22. The molecule has 8 nitrogen and oxygen atoms in total. The Balaban J connectivity index is 0.00000129. The summed E-state index contributed by atoms with van der Waals surface area (Å²) >= 11 is 2.95. The number of aliphatic carboxylic acids is 1. The van der Waals surface area contributed by atoms with Gasteiger partial charge in [0.2, 0.25) is 0 Å². The molecular formula is C40H53BrN4O4. The van der Waals surface area contributed by atoms with E-state index in [4.69, 9.17) is 4.74 Å². The number of benzene rings is 3. The fraction of sp³-hybridized carbons (Fsp3) is 0.375. The van der Waals surface area contributed by atoms with Crippen LogP contribution < -0.4 is 20.3 Å². The average molecular weight is 734 g/mol. The molecule has 1 amide bonds. The van der Waals surface area contributed by atoms with Gasteiger partial charge in [0.1, 0.15) is 11.8 Å². The van der Waals surface area contributed by atoms with E-state index < -0.39 is 17.9 Å². The van der Waals surface area contributed by atoms with Crippen molar-refractivity contribution in [2.24, 2.45) is 4.99 Å². The van der Waals surface area contributed by atoms with Gasteiger partial charge in [-0.25, -0.2) is 4.79 Å². The Bertz CT molecular complexity index is 1530. The Labute approximate surface area is 301 Å². The number of nitrogens with one attached hydrogen (secondary N) is 2. The van der Waals surface area contributed by atoms with E-state index in [1.807, 2.05) is 48.5 Å². The monoisotopic (exact) mass is 732 g/mol. The third-order valence-corrected chi connectivity index (χ3v) is 8.15. The van der Waals surface area contributed by atoms with Crippen LogP contribution in [0.2, 0.25) is 0 Å². The zero-order valence-electron chi connectivity index (χ0n) is 28.6. The number of hydrogen-bond donors (Lipinski definition) is 3. The Hall–Kier alpha value is -4.37. The van der Waals surface area contributed by atoms with Gasteiger partial charge < -0.3 is 25.4 Å². The zero-order chi connectivity index (χ0) is 35.1. The third kappa shape index (κ3) is 13.6. The van der Waals surface area contributed by atoms with E-state index in [2.05, 4.69) is 95.8 Å². The maximum absolute atomic E-state index is 12.8. The molecule has 3 N–H and O–H groups in total. The normalized spacial score (nSPS) is 12.7. The summed E-state index contributed by atoms with van der Waals surface area (Å²) in [6.45, 7) is 16.5. The first-order valence-electron chi connectivity index (χ1n) is 16.4. The van der Waals surface area contributed by atoms with E-state index in [1.54, 1.807) is 12.1 Å². The molecule has 4 rings (SSSR count). The van der Waals surface area contributed by atoms with Gasteiger partial charge in [0.05, 0.1) is 23.6 Å². The first-order chi connectivity index (χ1) is 22.9. The smallest absolute Gasteiger partial charge is 0.326 e. The van der Waals surface area contributed by atoms with Crippen LogP contribution in [0, 0.1) is 0 Å². The molecule has 0 aliphatic carbocycles. The number of aliphatic imine (C=N–C) groups is 1. The number of carboxylic acids is 1. The van der Waals surface area contributed by atoms with Crippen LogP contribution in [0.15, 0.2) is 95.2 Å². The molecule has 3 aromatic carbocycles. The summed E-state index contributed by atoms with van der Waals surface area (Å²) in [5.74, 6) is -0.574. The molecule has 1 aliphatic heterocycles. The topological polar surface area (TPSA) is 103 Å². The summed E-state index contributed by atoms with van der Waals surface area (Å²) in [6, 6.07) is 22.2. The second-order valence-corrected chi connectivity index (χ2v) is 13.6. The lowest BCUT2D eigenvalue weighted by atomic mass is 9.86. The first-order valence-corrected chi connectivity index (χ1v) is 17.2. The van der Waals surface area contributed by atoms with Crippen molar-refractivity contribution in [2.45, 2.75) is 85.1 Å². The first kappa shape index (κ1) is 40.8. The molecule has 1 heterocycles. The molecular weight excluding hydrogens is 680 g/mol. The standard InChI is InChI=1S/C36H45N3O4.C3H4BrN.CH4/c1-5-6-7-8-9-22-43-31-20-18-30(19-21-31)39-24-33(37-25-39)27-12-10-26(11-13-27)23-32(35(41)42)38-34(40)28-14-16-29(17-15-28)36(2,3)4;1-3(4)5-2;/h10-21,24,32,37H,5-9,22-23,25H2,1-4H3,(H,38,40)(H,41,42);1-2H2;1H4. The molecule has 264 valence electrons. The van der Waals surface area contributed by atoms with E-state index in [0.717, 1.165) is 46.9 Å². The fourth-order valence-corrected chi connectivity index (χ4v) is 5.01. The van der Waals surface area contributed by atoms with Crippen molar-refractivity contribution in [1.29, 1.82) is 0 Å². The Kier molecular flexibility index (Phi) is 16.8. The summed E-state index contributed by atoms with van der Waals surface area (Å²) in [5.41, 5.74) is 5.42. The van der Waals surface area contributed by atoms with E-state index in [9.17, 15) is 14.7 Å². The molecule has 1 unspecified atom stereocenters. The molecule has 0 spiro atoms. The van der Waals surface area contributed by atoms with Gasteiger partial charge in [0, 0.05) is 23.9 Å². The number of carbonyl (C=O) groups excluding carboxylic acids is 1. The molecule has 1 atom stereocenters. The highest BCUT2D eigenvalue weighted by atomic mass is 79.9. The summed E-state index contributed by atoms with van der Waals surface area (Å²) < 4.78 is 6.48. The number of unbranched alkanes of at least 4 members (excludes halogenated alkanes) is 4. The van der Waals surface area contributed by atoms with Crippen molar-refractivity contribution in [3.05, 3.63) is 112 Å². The number of amides is 1. The molecule has 0 saturated heterocycles. The van der Waals surface area contributed by atoms with Crippen molar-refractivity contribution >= 4 is 45.9 Å². The molecule has 1 aliphatic rings. The number of ether oxygens (including phenoxy) is 1. The van der Waals surface area contributed by atoms with Crippen molar-refractivity contribution in [3.63, 3.8) is 0 Å². The van der Waals surface area contributed by atoms with Gasteiger partial charge in [-0.2, -0.15) is 0 Å². The lowest BCUT2D eigenvalue weighted by Gasteiger charge is -2.19. The minimum Gasteiger partial charge on any atom is -0.494 e. The molecule has 0 radical (unpaired) electrons. The second-order valence-electron chi connectivity index (χ2n) is 12.7. The van der Waals surface area contributed by atoms with Gasteiger partial charge in [-0.15, -0.1) is 0 Å². The van der Waals surface area contributed by atoms with Gasteiger partial charge >= 0.3 is 5.97 Å². The number of rotatable bonds is 15. The summed E-state index contributed by atoms with van der Waals surface area (Å²) in [4.78, 5) is 30.3. The van der Waals surface area contributed by atoms with Gasteiger partial charge in [-0.3, -0.25) is 9.79 Å². The maximum atomic E-state index is 12.8. The van der Waals surface area contributed by atoms with Gasteiger partial charge in [-0.05, 0) is 87.6 Å². The lowest BCUT2D eigenvalue weighted by molar-refractivity contribution is -0.139. The summed E-state index contributed by atoms with van der Waals surface area (Å²) in [7, 11) is 0. The predicted octanol–water partition coefficient (Wildman–Crippen LogP) is 9.31. The Morgan fingerprint density at radius 1 is 1.00 bits per heavy atom. The van der Waals surface area contributed by atoms with Crippen LogP contribution in [0.1, 0.15) is 94.3 Å². The van der Waals surface area contributed by atoms with Crippen LogP contribution in [0.4, 0.5) is 5.69 Å². The molecule has 0 saturated carbocycles. The van der Waals surface area contributed by atoms with Crippen LogP contribution in [0.3, 0.4) is 0 Å². The van der Waals surface area contributed by atoms with Crippen LogP contribution in [0.5, 0.6) is 5.75 Å². The number of halogens is 1. The lowest BCUT2D eigenvalue weighted by Crippen LogP contribution is -2.42. The quantitative estimate of drug-likeness (QED) is 0.0818. The van der Waals surface area contributed by atoms with E-state index in [-0.39, 0.29) is 19.3 Å². The molecule has 49 heavy (non-hydrogen) atoms. The largest absolute Gasteiger partial charge is 0.494 e. The Morgan fingerprint density at radius 3 is 2.16 bits per heavy atom. The number of carboxylic acid groups (broad SMARTS) is 1. The van der Waals surface area contributed by atoms with Crippen molar-refractivity contribution in [1.82, 2.24) is 10.6 Å². The fourth-order valence-electron chi connectivity index (χ4n) is 5.01. The maximum Gasteiger partial charge on any atom is 0.326 e. The summed E-state index contributed by atoms with van der Waals surface area (Å²) in [6.07, 6.45) is 8.36. The number of nitrogens with zero attached hydrogens (tertiary/aromatic N) is 2. The number of carbonyl (C=O) groups is 2. The SMILES string of the molecule is C.C=NC(=C)Br.CCCCCCCOc1ccc(N2C=C(c3ccc(CC(NC(=O)c4ccc(C(C)(C)C)cc4)C(=O)O)cc3)NC2)cc1. The molecule has 0 bridgehead atoms. The van der Waals surface area contributed by atoms with Crippen LogP contribution in [-0.2, 0) is 16.6 Å². The highest BCUT2D eigenvalue weighted by molar-refractivity contribution is 9.11. The average Bonchev–Trinajstić information content (AvgIpc) is 3.57. The minimum absolute atomic E-state index is 0. The van der Waals surface area contributed by atoms with Crippen molar-refractivity contribution < 1.29 is 19.4 Å². The molecule has 3 aromatic rings. The van der Waals surface area contributed by atoms with Gasteiger partial charge in [-0.1, -0.05) is 104 Å². The minimum atomic E-state index is -1.07. The van der Waals surface area contributed by atoms with Crippen molar-refractivity contribution in [3.8, 4) is 5.75 Å². The molecule has 9 heteroatoms. The predicted molar refractivity (Wildman–Crippen MR) is 208 cm³/mol. The van der Waals surface area contributed by atoms with Crippen LogP contribution in [-0.4, -0.2) is 43.0 Å². The molecule has 0 aromatic heterocycles. The van der Waals surface area contributed by atoms with Crippen molar-refractivity contribution in [2.75, 3.05) is 18.2 Å². The summed E-state index contributed by atoms with van der Waals surface area (Å²) in [5, 5.41) is 15.9. The third-order valence-electron chi connectivity index (χ3n) is 7.90. The van der Waals surface area contributed by atoms with E-state index in [0.29, 0.717) is 16.8 Å². The number of hydrogen-bond acceptors (Lipinski definition) is 6.